The van der Waals surface area contributed by atoms with Gasteiger partial charge in [0.1, 0.15) is 11.5 Å². The lowest BCUT2D eigenvalue weighted by atomic mass is 9.92. The molecule has 2 heterocycles. The summed E-state index contributed by atoms with van der Waals surface area (Å²) in [4.78, 5) is 17.2. The third-order valence-corrected chi connectivity index (χ3v) is 4.77. The van der Waals surface area contributed by atoms with Crippen molar-refractivity contribution in [3.63, 3.8) is 0 Å². The molecule has 0 radical (unpaired) electrons. The minimum absolute atomic E-state index is 0.137. The fourth-order valence-electron chi connectivity index (χ4n) is 3.37. The Morgan fingerprint density at radius 1 is 1.11 bits per heavy atom. The van der Waals surface area contributed by atoms with Crippen molar-refractivity contribution in [1.82, 2.24) is 9.38 Å². The number of rotatable bonds is 5. The summed E-state index contributed by atoms with van der Waals surface area (Å²) in [5.74, 6) is -0.622. The third-order valence-electron chi connectivity index (χ3n) is 4.77. The molecule has 0 saturated carbocycles. The number of aryl methyl sites for hydroxylation is 1. The Morgan fingerprint density at radius 2 is 1.86 bits per heavy atom. The summed E-state index contributed by atoms with van der Waals surface area (Å²) in [5.41, 5.74) is 4.56. The second kappa shape index (κ2) is 7.64. The monoisotopic (exact) mass is 373 g/mol. The smallest absolute Gasteiger partial charge is 0.225 e. The van der Waals surface area contributed by atoms with E-state index in [0.717, 1.165) is 22.5 Å². The highest BCUT2D eigenvalue weighted by Gasteiger charge is 2.22. The van der Waals surface area contributed by atoms with E-state index in [1.54, 1.807) is 12.1 Å². The van der Waals surface area contributed by atoms with Gasteiger partial charge in [0.2, 0.25) is 5.91 Å². The van der Waals surface area contributed by atoms with Gasteiger partial charge in [-0.3, -0.25) is 4.79 Å². The number of fused-ring (bicyclic) bond motifs is 1. The van der Waals surface area contributed by atoms with E-state index in [2.05, 4.69) is 10.3 Å². The minimum atomic E-state index is -0.332. The van der Waals surface area contributed by atoms with Crippen LogP contribution in [0.2, 0.25) is 0 Å². The number of amides is 1. The van der Waals surface area contributed by atoms with Crippen molar-refractivity contribution in [2.75, 3.05) is 5.32 Å². The van der Waals surface area contributed by atoms with Crippen LogP contribution in [0.25, 0.3) is 5.65 Å². The van der Waals surface area contributed by atoms with Gasteiger partial charge < -0.3 is 9.72 Å². The highest BCUT2D eigenvalue weighted by Crippen LogP contribution is 2.29. The molecule has 5 heteroatoms. The molecule has 140 valence electrons. The molecule has 1 N–H and O–H groups in total. The number of carbonyl (C=O) groups is 1. The Hall–Kier alpha value is -3.47. The maximum absolute atomic E-state index is 13.1. The second-order valence-electron chi connectivity index (χ2n) is 6.84. The molecule has 4 rings (SSSR count). The predicted molar refractivity (Wildman–Crippen MR) is 108 cm³/mol. The summed E-state index contributed by atoms with van der Waals surface area (Å²) < 4.78 is 15.1. The van der Waals surface area contributed by atoms with Crippen LogP contribution in [0.1, 0.15) is 29.2 Å². The maximum Gasteiger partial charge on any atom is 0.225 e. The first-order valence-electron chi connectivity index (χ1n) is 9.14. The van der Waals surface area contributed by atoms with E-state index in [0.29, 0.717) is 5.69 Å². The van der Waals surface area contributed by atoms with Gasteiger partial charge in [0, 0.05) is 30.4 Å². The molecule has 0 saturated heterocycles. The molecule has 0 aliphatic rings. The van der Waals surface area contributed by atoms with Crippen molar-refractivity contribution >= 4 is 17.2 Å². The molecule has 0 bridgehead atoms. The number of halogens is 1. The number of hydrogen-bond acceptors (Lipinski definition) is 2. The lowest BCUT2D eigenvalue weighted by Crippen LogP contribution is -2.17. The van der Waals surface area contributed by atoms with Crippen LogP contribution in [-0.4, -0.2) is 15.3 Å². The van der Waals surface area contributed by atoms with Crippen LogP contribution in [0.5, 0.6) is 0 Å². The van der Waals surface area contributed by atoms with E-state index in [-0.39, 0.29) is 24.1 Å². The molecule has 0 aliphatic carbocycles. The molecule has 0 fully saturated rings. The van der Waals surface area contributed by atoms with E-state index >= 15 is 0 Å². The largest absolute Gasteiger partial charge is 0.326 e. The summed E-state index contributed by atoms with van der Waals surface area (Å²) in [7, 11) is 0. The fourth-order valence-corrected chi connectivity index (χ4v) is 3.37. The SMILES string of the molecule is Cc1ccn2c(C(CC(=O)Nc3ccc(F)cc3)c3ccccc3)cnc2c1. The summed E-state index contributed by atoms with van der Waals surface area (Å²) in [6.07, 6.45) is 4.07. The van der Waals surface area contributed by atoms with Gasteiger partial charge in [0.25, 0.3) is 0 Å². The van der Waals surface area contributed by atoms with Gasteiger partial charge in [-0.25, -0.2) is 9.37 Å². The van der Waals surface area contributed by atoms with E-state index in [1.807, 2.05) is 66.2 Å². The van der Waals surface area contributed by atoms with Crippen LogP contribution in [0.15, 0.2) is 79.1 Å². The first kappa shape index (κ1) is 17.9. The Labute approximate surface area is 162 Å². The molecule has 1 atom stereocenters. The quantitative estimate of drug-likeness (QED) is 0.538. The van der Waals surface area contributed by atoms with Crippen LogP contribution in [0.3, 0.4) is 0 Å². The second-order valence-corrected chi connectivity index (χ2v) is 6.84. The van der Waals surface area contributed by atoms with Crippen molar-refractivity contribution in [3.8, 4) is 0 Å². The zero-order valence-corrected chi connectivity index (χ0v) is 15.5. The standard InChI is InChI=1S/C23H20FN3O/c1-16-11-12-27-21(15-25-22(27)13-16)20(17-5-3-2-4-6-17)14-23(28)26-19-9-7-18(24)8-10-19/h2-13,15,20H,14H2,1H3,(H,26,28). The lowest BCUT2D eigenvalue weighted by Gasteiger charge is -2.17. The molecule has 0 aliphatic heterocycles. The van der Waals surface area contributed by atoms with Crippen LogP contribution in [0, 0.1) is 12.7 Å². The van der Waals surface area contributed by atoms with Gasteiger partial charge in [-0.1, -0.05) is 30.3 Å². The molecule has 2 aromatic heterocycles. The Balaban J connectivity index is 1.66. The molecule has 4 nitrogen and oxygen atoms in total. The van der Waals surface area contributed by atoms with Crippen molar-refractivity contribution < 1.29 is 9.18 Å². The number of hydrogen-bond donors (Lipinski definition) is 1. The molecular formula is C23H20FN3O. The predicted octanol–water partition coefficient (Wildman–Crippen LogP) is 4.94. The molecular weight excluding hydrogens is 353 g/mol. The number of pyridine rings is 1. The molecule has 2 aromatic carbocycles. The molecule has 28 heavy (non-hydrogen) atoms. The average molecular weight is 373 g/mol. The first-order chi connectivity index (χ1) is 13.6. The van der Waals surface area contributed by atoms with Gasteiger partial charge in [-0.2, -0.15) is 0 Å². The fraction of sp³-hybridized carbons (Fsp3) is 0.130. The Morgan fingerprint density at radius 3 is 2.61 bits per heavy atom. The number of nitrogens with one attached hydrogen (secondary N) is 1. The third kappa shape index (κ3) is 3.78. The number of benzene rings is 2. The number of aromatic nitrogens is 2. The van der Waals surface area contributed by atoms with Crippen molar-refractivity contribution in [1.29, 1.82) is 0 Å². The van der Waals surface area contributed by atoms with Gasteiger partial charge in [-0.05, 0) is 54.4 Å². The average Bonchev–Trinajstić information content (AvgIpc) is 3.11. The molecule has 0 spiro atoms. The van der Waals surface area contributed by atoms with Crippen molar-refractivity contribution in [2.45, 2.75) is 19.3 Å². The van der Waals surface area contributed by atoms with Crippen LogP contribution < -0.4 is 5.32 Å². The normalized spacial score (nSPS) is 12.1. The number of anilines is 1. The summed E-state index contributed by atoms with van der Waals surface area (Å²) in [5, 5.41) is 2.85. The minimum Gasteiger partial charge on any atom is -0.326 e. The van der Waals surface area contributed by atoms with E-state index in [4.69, 9.17) is 0 Å². The first-order valence-corrected chi connectivity index (χ1v) is 9.14. The lowest BCUT2D eigenvalue weighted by molar-refractivity contribution is -0.116. The summed E-state index contributed by atoms with van der Waals surface area (Å²) in [6, 6.07) is 19.7. The molecule has 1 amide bonds. The zero-order chi connectivity index (χ0) is 19.5. The van der Waals surface area contributed by atoms with Crippen LogP contribution in [-0.2, 0) is 4.79 Å². The molecule has 4 aromatic rings. The van der Waals surface area contributed by atoms with Crippen molar-refractivity contribution in [3.05, 3.63) is 102 Å². The number of carbonyl (C=O) groups excluding carboxylic acids is 1. The summed E-state index contributed by atoms with van der Waals surface area (Å²) in [6.45, 7) is 2.03. The maximum atomic E-state index is 13.1. The van der Waals surface area contributed by atoms with Gasteiger partial charge >= 0.3 is 0 Å². The zero-order valence-electron chi connectivity index (χ0n) is 15.5. The van der Waals surface area contributed by atoms with Crippen LogP contribution in [0.4, 0.5) is 10.1 Å². The number of imidazole rings is 1. The molecule has 1 unspecified atom stereocenters. The topological polar surface area (TPSA) is 46.4 Å². The van der Waals surface area contributed by atoms with Crippen molar-refractivity contribution in [2.24, 2.45) is 0 Å². The van der Waals surface area contributed by atoms with Gasteiger partial charge in [-0.15, -0.1) is 0 Å². The van der Waals surface area contributed by atoms with E-state index in [1.165, 1.54) is 12.1 Å². The summed E-state index contributed by atoms with van der Waals surface area (Å²) >= 11 is 0. The van der Waals surface area contributed by atoms with Crippen LogP contribution >= 0.6 is 0 Å². The Kier molecular flexibility index (Phi) is 4.89. The highest BCUT2D eigenvalue weighted by molar-refractivity contribution is 5.91. The van der Waals surface area contributed by atoms with Gasteiger partial charge in [0.15, 0.2) is 0 Å². The van der Waals surface area contributed by atoms with E-state index < -0.39 is 0 Å². The highest BCUT2D eigenvalue weighted by atomic mass is 19.1. The Bertz CT molecular complexity index is 1100. The number of nitrogens with zero attached hydrogens (tertiary/aromatic N) is 2. The van der Waals surface area contributed by atoms with Gasteiger partial charge in [0.05, 0.1) is 5.69 Å². The van der Waals surface area contributed by atoms with E-state index in [9.17, 15) is 9.18 Å².